The Morgan fingerprint density at radius 1 is 0.941 bits per heavy atom. The molecule has 1 aliphatic rings. The van der Waals surface area contributed by atoms with Crippen molar-refractivity contribution in [3.63, 3.8) is 0 Å². The molecule has 0 radical (unpaired) electrons. The van der Waals surface area contributed by atoms with Crippen LogP contribution in [0.2, 0.25) is 0 Å². The fourth-order valence-corrected chi connectivity index (χ4v) is 3.03. The summed E-state index contributed by atoms with van der Waals surface area (Å²) in [5.41, 5.74) is 1.45. The van der Waals surface area contributed by atoms with E-state index in [9.17, 15) is 24.0 Å². The number of rotatable bonds is 12. The Bertz CT molecular complexity index is 925. The molecule has 3 N–H and O–H groups in total. The molecule has 0 saturated carbocycles. The predicted octanol–water partition coefficient (Wildman–Crippen LogP) is 0.316. The number of methoxy groups -OCH3 is 1. The minimum atomic E-state index is -0.963. The van der Waals surface area contributed by atoms with Crippen LogP contribution < -0.4 is 16.0 Å². The van der Waals surface area contributed by atoms with E-state index in [2.05, 4.69) is 16.0 Å². The van der Waals surface area contributed by atoms with Gasteiger partial charge in [0, 0.05) is 24.9 Å². The molecule has 0 spiro atoms. The second-order valence-electron chi connectivity index (χ2n) is 8.06. The molecule has 0 saturated heterocycles. The number of benzene rings is 1. The van der Waals surface area contributed by atoms with Gasteiger partial charge in [-0.15, -0.1) is 0 Å². The standard InChI is InChI=1S/C23H30N4O7/c1-14(2)21(26-18(28)11-27-19(29)9-10-20(27)30)23(32)24-15(3)22(31)25-17-7-5-16(6-8-17)12-34-13-33-4/h5-10,14-15,21H,11-13H2,1-4H3,(H,24,32)(H,25,31)(H,26,28)/t15-,21-/m0/s1. The first kappa shape index (κ1) is 26.7. The molecule has 34 heavy (non-hydrogen) atoms. The van der Waals surface area contributed by atoms with Gasteiger partial charge < -0.3 is 25.4 Å². The van der Waals surface area contributed by atoms with Gasteiger partial charge in [-0.1, -0.05) is 26.0 Å². The number of nitrogens with zero attached hydrogens (tertiary/aromatic N) is 1. The summed E-state index contributed by atoms with van der Waals surface area (Å²) in [6.45, 7) is 5.02. The van der Waals surface area contributed by atoms with E-state index < -0.39 is 48.2 Å². The summed E-state index contributed by atoms with van der Waals surface area (Å²) in [5, 5.41) is 7.83. The Morgan fingerprint density at radius 3 is 2.12 bits per heavy atom. The molecule has 2 atom stereocenters. The Kier molecular flexibility index (Phi) is 9.90. The minimum absolute atomic E-state index is 0.180. The summed E-state index contributed by atoms with van der Waals surface area (Å²) in [5.74, 6) is -3.15. The third-order valence-corrected chi connectivity index (χ3v) is 4.91. The molecule has 184 valence electrons. The van der Waals surface area contributed by atoms with Crippen molar-refractivity contribution in [1.29, 1.82) is 0 Å². The molecule has 11 nitrogen and oxygen atoms in total. The zero-order chi connectivity index (χ0) is 25.3. The Morgan fingerprint density at radius 2 is 1.56 bits per heavy atom. The number of anilines is 1. The molecule has 0 bridgehead atoms. The van der Waals surface area contributed by atoms with E-state index in [0.29, 0.717) is 12.3 Å². The highest BCUT2D eigenvalue weighted by Crippen LogP contribution is 2.11. The van der Waals surface area contributed by atoms with Crippen molar-refractivity contribution >= 4 is 35.2 Å². The molecule has 0 unspecified atom stereocenters. The van der Waals surface area contributed by atoms with Crippen molar-refractivity contribution in [2.75, 3.05) is 25.8 Å². The van der Waals surface area contributed by atoms with Crippen molar-refractivity contribution < 1.29 is 33.4 Å². The van der Waals surface area contributed by atoms with Gasteiger partial charge in [0.25, 0.3) is 11.8 Å². The molecule has 0 aliphatic carbocycles. The van der Waals surface area contributed by atoms with Crippen molar-refractivity contribution in [2.24, 2.45) is 5.92 Å². The fourth-order valence-electron chi connectivity index (χ4n) is 3.03. The lowest BCUT2D eigenvalue weighted by Crippen LogP contribution is -2.55. The lowest BCUT2D eigenvalue weighted by atomic mass is 10.0. The zero-order valence-corrected chi connectivity index (χ0v) is 19.6. The number of hydrogen-bond donors (Lipinski definition) is 3. The molecule has 1 heterocycles. The molecule has 11 heteroatoms. The number of nitrogens with one attached hydrogen (secondary N) is 3. The lowest BCUT2D eigenvalue weighted by Gasteiger charge is -2.24. The zero-order valence-electron chi connectivity index (χ0n) is 19.6. The number of imide groups is 1. The molecule has 2 rings (SSSR count). The Hall–Kier alpha value is -3.57. The van der Waals surface area contributed by atoms with Gasteiger partial charge in [-0.3, -0.25) is 28.9 Å². The molecule has 0 fully saturated rings. The van der Waals surface area contributed by atoms with Crippen LogP contribution in [0, 0.1) is 5.92 Å². The van der Waals surface area contributed by atoms with E-state index in [1.54, 1.807) is 38.1 Å². The van der Waals surface area contributed by atoms with Crippen LogP contribution in [-0.4, -0.2) is 67.0 Å². The highest BCUT2D eigenvalue weighted by atomic mass is 16.7. The summed E-state index contributed by atoms with van der Waals surface area (Å²) in [6, 6.07) is 5.17. The van der Waals surface area contributed by atoms with Crippen molar-refractivity contribution in [2.45, 2.75) is 39.5 Å². The average Bonchev–Trinajstić information content (AvgIpc) is 3.10. The second-order valence-corrected chi connectivity index (χ2v) is 8.06. The molecular formula is C23H30N4O7. The van der Waals surface area contributed by atoms with Crippen molar-refractivity contribution in [3.05, 3.63) is 42.0 Å². The summed E-state index contributed by atoms with van der Waals surface area (Å²) in [7, 11) is 1.53. The highest BCUT2D eigenvalue weighted by molar-refractivity contribution is 6.14. The minimum Gasteiger partial charge on any atom is -0.359 e. The van der Waals surface area contributed by atoms with Gasteiger partial charge in [-0.25, -0.2) is 0 Å². The number of hydrogen-bond acceptors (Lipinski definition) is 7. The maximum atomic E-state index is 12.7. The summed E-state index contributed by atoms with van der Waals surface area (Å²) in [6.07, 6.45) is 2.15. The van der Waals surface area contributed by atoms with E-state index in [1.165, 1.54) is 14.0 Å². The first-order valence-electron chi connectivity index (χ1n) is 10.7. The van der Waals surface area contributed by atoms with Crippen LogP contribution in [0.1, 0.15) is 26.3 Å². The Labute approximate surface area is 197 Å². The molecular weight excluding hydrogens is 444 g/mol. The molecule has 0 aromatic heterocycles. The van der Waals surface area contributed by atoms with Crippen LogP contribution in [0.15, 0.2) is 36.4 Å². The smallest absolute Gasteiger partial charge is 0.254 e. The van der Waals surface area contributed by atoms with Crippen LogP contribution in [0.25, 0.3) is 0 Å². The summed E-state index contributed by atoms with van der Waals surface area (Å²) in [4.78, 5) is 61.6. The maximum absolute atomic E-state index is 12.7. The van der Waals surface area contributed by atoms with Gasteiger partial charge in [0.15, 0.2) is 0 Å². The van der Waals surface area contributed by atoms with Crippen LogP contribution in [0.3, 0.4) is 0 Å². The van der Waals surface area contributed by atoms with Crippen molar-refractivity contribution in [1.82, 2.24) is 15.5 Å². The summed E-state index contributed by atoms with van der Waals surface area (Å²) < 4.78 is 10.1. The van der Waals surface area contributed by atoms with Gasteiger partial charge in [-0.05, 0) is 30.5 Å². The maximum Gasteiger partial charge on any atom is 0.254 e. The fraction of sp³-hybridized carbons (Fsp3) is 0.435. The van der Waals surface area contributed by atoms with E-state index in [4.69, 9.17) is 9.47 Å². The first-order valence-corrected chi connectivity index (χ1v) is 10.7. The lowest BCUT2D eigenvalue weighted by molar-refractivity contribution is -0.141. The molecule has 1 aromatic carbocycles. The van der Waals surface area contributed by atoms with Crippen LogP contribution >= 0.6 is 0 Å². The third-order valence-electron chi connectivity index (χ3n) is 4.91. The number of ether oxygens (including phenoxy) is 2. The second kappa shape index (κ2) is 12.6. The number of amides is 5. The van der Waals surface area contributed by atoms with Crippen LogP contribution in [0.4, 0.5) is 5.69 Å². The van der Waals surface area contributed by atoms with Gasteiger partial charge in [0.05, 0.1) is 6.61 Å². The van der Waals surface area contributed by atoms with Crippen LogP contribution in [-0.2, 0) is 40.1 Å². The van der Waals surface area contributed by atoms with E-state index in [0.717, 1.165) is 22.6 Å². The predicted molar refractivity (Wildman–Crippen MR) is 122 cm³/mol. The summed E-state index contributed by atoms with van der Waals surface area (Å²) >= 11 is 0. The monoisotopic (exact) mass is 474 g/mol. The van der Waals surface area contributed by atoms with Gasteiger partial charge in [0.2, 0.25) is 17.7 Å². The Balaban J connectivity index is 1.88. The highest BCUT2D eigenvalue weighted by Gasteiger charge is 2.30. The molecule has 1 aromatic rings. The molecule has 5 amide bonds. The molecule has 1 aliphatic heterocycles. The number of carbonyl (C=O) groups is 5. The average molecular weight is 475 g/mol. The topological polar surface area (TPSA) is 143 Å². The van der Waals surface area contributed by atoms with Crippen LogP contribution in [0.5, 0.6) is 0 Å². The van der Waals surface area contributed by atoms with E-state index >= 15 is 0 Å². The van der Waals surface area contributed by atoms with E-state index in [1.807, 2.05) is 0 Å². The first-order chi connectivity index (χ1) is 16.1. The SMILES string of the molecule is COCOCc1ccc(NC(=O)[C@H](C)NC(=O)[C@@H](NC(=O)CN2C(=O)C=CC2=O)C(C)C)cc1. The van der Waals surface area contributed by atoms with Gasteiger partial charge >= 0.3 is 0 Å². The third kappa shape index (κ3) is 7.78. The number of carbonyl (C=O) groups excluding carboxylic acids is 5. The van der Waals surface area contributed by atoms with Gasteiger partial charge in [-0.2, -0.15) is 0 Å². The van der Waals surface area contributed by atoms with Crippen molar-refractivity contribution in [3.8, 4) is 0 Å². The largest absolute Gasteiger partial charge is 0.359 e. The van der Waals surface area contributed by atoms with E-state index in [-0.39, 0.29) is 12.7 Å². The quantitative estimate of drug-likeness (QED) is 0.225. The normalized spacial score (nSPS) is 14.8. The van der Waals surface area contributed by atoms with Gasteiger partial charge in [0.1, 0.15) is 25.4 Å².